The van der Waals surface area contributed by atoms with E-state index in [1.165, 1.54) is 11.1 Å². The number of hydrogen-bond acceptors (Lipinski definition) is 3. The van der Waals surface area contributed by atoms with Crippen LogP contribution in [0.1, 0.15) is 23.6 Å². The van der Waals surface area contributed by atoms with Crippen LogP contribution >= 0.6 is 0 Å². The topological polar surface area (TPSA) is 30.5 Å². The third-order valence-corrected chi connectivity index (χ3v) is 3.42. The van der Waals surface area contributed by atoms with Gasteiger partial charge in [-0.25, -0.2) is 0 Å². The minimum atomic E-state index is 0.245. The minimum absolute atomic E-state index is 0.245. The SMILES string of the molecule is C=CCC(NCc1ccccc1)c1ccc(OCOC)cc1. The molecule has 1 atom stereocenters. The zero-order valence-electron chi connectivity index (χ0n) is 13.0. The quantitative estimate of drug-likeness (QED) is 0.559. The van der Waals surface area contributed by atoms with E-state index in [1.807, 2.05) is 24.3 Å². The Bertz CT molecular complexity index is 551. The maximum Gasteiger partial charge on any atom is 0.188 e. The summed E-state index contributed by atoms with van der Waals surface area (Å²) in [6.45, 7) is 4.96. The van der Waals surface area contributed by atoms with Gasteiger partial charge in [0.05, 0.1) is 0 Å². The number of rotatable bonds is 9. The summed E-state index contributed by atoms with van der Waals surface area (Å²) in [5.74, 6) is 0.811. The molecule has 0 radical (unpaired) electrons. The normalized spacial score (nSPS) is 11.9. The zero-order chi connectivity index (χ0) is 15.6. The van der Waals surface area contributed by atoms with Crippen LogP contribution in [0.3, 0.4) is 0 Å². The summed E-state index contributed by atoms with van der Waals surface area (Å²) in [7, 11) is 1.61. The molecule has 0 fully saturated rings. The largest absolute Gasteiger partial charge is 0.468 e. The van der Waals surface area contributed by atoms with Crippen molar-refractivity contribution in [3.05, 3.63) is 78.4 Å². The fourth-order valence-electron chi connectivity index (χ4n) is 2.26. The van der Waals surface area contributed by atoms with Gasteiger partial charge < -0.3 is 14.8 Å². The molecule has 3 heteroatoms. The predicted molar refractivity (Wildman–Crippen MR) is 89.8 cm³/mol. The predicted octanol–water partition coefficient (Wildman–Crippen LogP) is 4.08. The molecule has 0 aliphatic heterocycles. The second-order valence-electron chi connectivity index (χ2n) is 5.06. The van der Waals surface area contributed by atoms with Crippen LogP contribution in [-0.2, 0) is 11.3 Å². The van der Waals surface area contributed by atoms with Crippen molar-refractivity contribution in [2.24, 2.45) is 0 Å². The van der Waals surface area contributed by atoms with Crippen LogP contribution in [0.15, 0.2) is 67.3 Å². The van der Waals surface area contributed by atoms with Gasteiger partial charge in [0.2, 0.25) is 0 Å². The first-order chi connectivity index (χ1) is 10.8. The van der Waals surface area contributed by atoms with E-state index in [-0.39, 0.29) is 12.8 Å². The van der Waals surface area contributed by atoms with Gasteiger partial charge in [-0.05, 0) is 29.7 Å². The van der Waals surface area contributed by atoms with Gasteiger partial charge in [0, 0.05) is 19.7 Å². The first-order valence-electron chi connectivity index (χ1n) is 7.43. The van der Waals surface area contributed by atoms with Gasteiger partial charge in [0.25, 0.3) is 0 Å². The van der Waals surface area contributed by atoms with E-state index in [0.717, 1.165) is 18.7 Å². The molecule has 116 valence electrons. The molecular formula is C19H23NO2. The lowest BCUT2D eigenvalue weighted by molar-refractivity contribution is 0.0511. The van der Waals surface area contributed by atoms with E-state index < -0.39 is 0 Å². The second kappa shape index (κ2) is 9.03. The molecule has 0 heterocycles. The van der Waals surface area contributed by atoms with E-state index in [0.29, 0.717) is 0 Å². The number of benzene rings is 2. The minimum Gasteiger partial charge on any atom is -0.468 e. The van der Waals surface area contributed by atoms with Crippen molar-refractivity contribution < 1.29 is 9.47 Å². The average molecular weight is 297 g/mol. The Morgan fingerprint density at radius 1 is 1.09 bits per heavy atom. The molecule has 2 rings (SSSR count). The fourth-order valence-corrected chi connectivity index (χ4v) is 2.26. The number of ether oxygens (including phenoxy) is 2. The third-order valence-electron chi connectivity index (χ3n) is 3.42. The van der Waals surface area contributed by atoms with Crippen LogP contribution in [0.25, 0.3) is 0 Å². The van der Waals surface area contributed by atoms with Gasteiger partial charge >= 0.3 is 0 Å². The Labute approximate surface area is 132 Å². The van der Waals surface area contributed by atoms with E-state index in [2.05, 4.69) is 48.3 Å². The van der Waals surface area contributed by atoms with Crippen LogP contribution in [0.5, 0.6) is 5.75 Å². The third kappa shape index (κ3) is 5.02. The van der Waals surface area contributed by atoms with Crippen molar-refractivity contribution in [2.75, 3.05) is 13.9 Å². The number of nitrogens with one attached hydrogen (secondary N) is 1. The Balaban J connectivity index is 1.99. The smallest absolute Gasteiger partial charge is 0.188 e. The van der Waals surface area contributed by atoms with Gasteiger partial charge in [-0.3, -0.25) is 0 Å². The monoisotopic (exact) mass is 297 g/mol. The van der Waals surface area contributed by atoms with Crippen LogP contribution in [0.4, 0.5) is 0 Å². The molecule has 2 aromatic carbocycles. The lowest BCUT2D eigenvalue weighted by Gasteiger charge is -2.18. The first kappa shape index (κ1) is 16.3. The van der Waals surface area contributed by atoms with Crippen molar-refractivity contribution in [3.63, 3.8) is 0 Å². The highest BCUT2D eigenvalue weighted by Crippen LogP contribution is 2.21. The molecule has 0 aliphatic rings. The van der Waals surface area contributed by atoms with Crippen molar-refractivity contribution >= 4 is 0 Å². The summed E-state index contributed by atoms with van der Waals surface area (Å²) in [4.78, 5) is 0. The summed E-state index contributed by atoms with van der Waals surface area (Å²) in [6, 6.07) is 18.7. The van der Waals surface area contributed by atoms with Gasteiger partial charge in [-0.2, -0.15) is 0 Å². The maximum absolute atomic E-state index is 5.42. The zero-order valence-corrected chi connectivity index (χ0v) is 13.0. The Morgan fingerprint density at radius 2 is 1.82 bits per heavy atom. The molecule has 0 saturated heterocycles. The lowest BCUT2D eigenvalue weighted by atomic mass is 10.0. The van der Waals surface area contributed by atoms with Crippen LogP contribution < -0.4 is 10.1 Å². The number of hydrogen-bond donors (Lipinski definition) is 1. The molecule has 0 aromatic heterocycles. The van der Waals surface area contributed by atoms with Crippen molar-refractivity contribution in [3.8, 4) is 5.75 Å². The Kier molecular flexibility index (Phi) is 6.68. The molecule has 0 saturated carbocycles. The number of methoxy groups -OCH3 is 1. The highest BCUT2D eigenvalue weighted by molar-refractivity contribution is 5.29. The van der Waals surface area contributed by atoms with Crippen molar-refractivity contribution in [1.82, 2.24) is 5.32 Å². The molecule has 0 bridgehead atoms. The van der Waals surface area contributed by atoms with Gasteiger partial charge in [0.1, 0.15) is 5.75 Å². The molecule has 2 aromatic rings. The van der Waals surface area contributed by atoms with Crippen molar-refractivity contribution in [2.45, 2.75) is 19.0 Å². The summed E-state index contributed by atoms with van der Waals surface area (Å²) in [5.41, 5.74) is 2.50. The van der Waals surface area contributed by atoms with E-state index >= 15 is 0 Å². The van der Waals surface area contributed by atoms with Crippen LogP contribution in [0.2, 0.25) is 0 Å². The second-order valence-corrected chi connectivity index (χ2v) is 5.06. The van der Waals surface area contributed by atoms with Crippen molar-refractivity contribution in [1.29, 1.82) is 0 Å². The van der Waals surface area contributed by atoms with Crippen LogP contribution in [0, 0.1) is 0 Å². The Morgan fingerprint density at radius 3 is 2.45 bits per heavy atom. The maximum atomic E-state index is 5.42. The molecule has 0 aliphatic carbocycles. The molecule has 1 unspecified atom stereocenters. The highest BCUT2D eigenvalue weighted by Gasteiger charge is 2.09. The van der Waals surface area contributed by atoms with E-state index in [4.69, 9.17) is 9.47 Å². The van der Waals surface area contributed by atoms with Gasteiger partial charge in [0.15, 0.2) is 6.79 Å². The first-order valence-corrected chi connectivity index (χ1v) is 7.43. The standard InChI is InChI=1S/C19H23NO2/c1-3-7-19(20-14-16-8-5-4-6-9-16)17-10-12-18(13-11-17)22-15-21-2/h3-6,8-13,19-20H,1,7,14-15H2,2H3. The fraction of sp³-hybridized carbons (Fsp3) is 0.263. The summed E-state index contributed by atoms with van der Waals surface area (Å²) >= 11 is 0. The summed E-state index contributed by atoms with van der Waals surface area (Å²) in [5, 5.41) is 3.58. The van der Waals surface area contributed by atoms with Gasteiger partial charge in [-0.15, -0.1) is 6.58 Å². The molecule has 0 amide bonds. The van der Waals surface area contributed by atoms with E-state index in [9.17, 15) is 0 Å². The summed E-state index contributed by atoms with van der Waals surface area (Å²) in [6.07, 6.45) is 2.82. The highest BCUT2D eigenvalue weighted by atomic mass is 16.7. The molecule has 3 nitrogen and oxygen atoms in total. The summed E-state index contributed by atoms with van der Waals surface area (Å²) < 4.78 is 10.3. The van der Waals surface area contributed by atoms with Gasteiger partial charge in [-0.1, -0.05) is 48.5 Å². The van der Waals surface area contributed by atoms with Crippen LogP contribution in [-0.4, -0.2) is 13.9 Å². The molecule has 22 heavy (non-hydrogen) atoms. The lowest BCUT2D eigenvalue weighted by Crippen LogP contribution is -2.20. The molecule has 1 N–H and O–H groups in total. The Hall–Kier alpha value is -2.10. The van der Waals surface area contributed by atoms with E-state index in [1.54, 1.807) is 7.11 Å². The molecule has 0 spiro atoms. The average Bonchev–Trinajstić information content (AvgIpc) is 2.58. The molecular weight excluding hydrogens is 274 g/mol.